The van der Waals surface area contributed by atoms with E-state index in [0.717, 1.165) is 29.2 Å². The van der Waals surface area contributed by atoms with Gasteiger partial charge < -0.3 is 19.4 Å². The van der Waals surface area contributed by atoms with Crippen molar-refractivity contribution in [3.05, 3.63) is 72.1 Å². The van der Waals surface area contributed by atoms with E-state index in [2.05, 4.69) is 5.32 Å². The monoisotopic (exact) mass is 441 g/mol. The second-order valence-electron chi connectivity index (χ2n) is 10.2. The normalized spacial score (nSPS) is 27.9. The van der Waals surface area contributed by atoms with Gasteiger partial charge in [-0.1, -0.05) is 30.3 Å². The van der Waals surface area contributed by atoms with Crippen LogP contribution in [0.4, 0.5) is 0 Å². The van der Waals surface area contributed by atoms with Crippen molar-refractivity contribution in [2.45, 2.75) is 44.2 Å². The molecule has 1 amide bonds. The van der Waals surface area contributed by atoms with Gasteiger partial charge in [0, 0.05) is 22.5 Å². The summed E-state index contributed by atoms with van der Waals surface area (Å²) in [6.45, 7) is -0.832. The van der Waals surface area contributed by atoms with Crippen molar-refractivity contribution in [2.24, 2.45) is 10.8 Å². The van der Waals surface area contributed by atoms with Crippen LogP contribution in [0.3, 0.4) is 0 Å². The van der Waals surface area contributed by atoms with Crippen molar-refractivity contribution in [1.82, 2.24) is 9.88 Å². The third-order valence-electron chi connectivity index (χ3n) is 8.30. The summed E-state index contributed by atoms with van der Waals surface area (Å²) in [5.74, 6) is -0.347. The summed E-state index contributed by atoms with van der Waals surface area (Å²) < 4.78 is 16.6. The van der Waals surface area contributed by atoms with Crippen LogP contribution in [-0.4, -0.2) is 27.1 Å². The van der Waals surface area contributed by atoms with E-state index in [9.17, 15) is 14.7 Å². The summed E-state index contributed by atoms with van der Waals surface area (Å²) in [7, 11) is 0. The van der Waals surface area contributed by atoms with Gasteiger partial charge >= 0.3 is 5.97 Å². The Kier molecular flexibility index (Phi) is 3.30. The number of rotatable bonds is 6. The van der Waals surface area contributed by atoms with Crippen molar-refractivity contribution in [2.75, 3.05) is 0 Å². The summed E-state index contributed by atoms with van der Waals surface area (Å²) in [4.78, 5) is 25.1. The Labute approximate surface area is 191 Å². The molecule has 166 valence electrons. The average molecular weight is 442 g/mol. The Morgan fingerprint density at radius 2 is 1.82 bits per heavy atom. The fraction of sp³-hybridized carbons (Fsp3) is 0.333. The number of benzene rings is 2. The number of aromatic nitrogens is 1. The lowest BCUT2D eigenvalue weighted by Crippen LogP contribution is -2.73. The van der Waals surface area contributed by atoms with E-state index in [4.69, 9.17) is 5.79 Å². The molecule has 2 N–H and O–H groups in total. The molecule has 2 bridgehead atoms. The number of carbonyl (C=O) groups excluding carboxylic acids is 1. The van der Waals surface area contributed by atoms with Crippen LogP contribution in [0.5, 0.6) is 0 Å². The number of aliphatic carboxylic acids is 1. The second-order valence-corrected chi connectivity index (χ2v) is 10.2. The van der Waals surface area contributed by atoms with Gasteiger partial charge in [-0.25, -0.2) is 0 Å². The predicted molar refractivity (Wildman–Crippen MR) is 123 cm³/mol. The van der Waals surface area contributed by atoms with Crippen LogP contribution in [0.2, 0.25) is 0 Å². The van der Waals surface area contributed by atoms with Crippen LogP contribution < -0.4 is 5.32 Å². The topological polar surface area (TPSA) is 84.5 Å². The number of hydrogen-bond acceptors (Lipinski definition) is 3. The minimum atomic E-state index is -0.832. The van der Waals surface area contributed by atoms with Crippen LogP contribution >= 0.6 is 0 Å². The molecular weight excluding hydrogens is 416 g/mol. The lowest BCUT2D eigenvalue weighted by atomic mass is 9.32. The molecule has 4 saturated carbocycles. The zero-order valence-corrected chi connectivity index (χ0v) is 18.0. The molecule has 6 nitrogen and oxygen atoms in total. The maximum absolute atomic E-state index is 13.6. The molecule has 0 aliphatic heterocycles. The summed E-state index contributed by atoms with van der Waals surface area (Å²) in [6.07, 6.45) is 5.61. The van der Waals surface area contributed by atoms with Crippen molar-refractivity contribution in [1.29, 1.82) is 0 Å². The SMILES string of the molecule is [2H]C(c1cc2ccccc2o1)n1ccc2cccc(C(=O)NC3(C45CC(C(=O)O)(C4)C5)CC3)c21. The van der Waals surface area contributed by atoms with E-state index >= 15 is 0 Å². The molecule has 4 aromatic rings. The zero-order valence-electron chi connectivity index (χ0n) is 19.0. The first-order valence-electron chi connectivity index (χ1n) is 12.0. The Bertz CT molecular complexity index is 1460. The van der Waals surface area contributed by atoms with E-state index in [1.165, 1.54) is 0 Å². The van der Waals surface area contributed by atoms with Crippen LogP contribution in [0, 0.1) is 10.8 Å². The highest BCUT2D eigenvalue weighted by molar-refractivity contribution is 6.06. The fourth-order valence-corrected chi connectivity index (χ4v) is 6.43. The smallest absolute Gasteiger partial charge is 0.309 e. The molecule has 4 aliphatic rings. The van der Waals surface area contributed by atoms with Gasteiger partial charge in [0.25, 0.3) is 5.91 Å². The number of amides is 1. The number of carboxylic acid groups (broad SMARTS) is 1. The molecule has 0 spiro atoms. The minimum absolute atomic E-state index is 0.0663. The van der Waals surface area contributed by atoms with Crippen LogP contribution in [-0.2, 0) is 11.3 Å². The molecule has 1 atom stereocenters. The maximum atomic E-state index is 13.6. The summed E-state index contributed by atoms with van der Waals surface area (Å²) >= 11 is 0. The van der Waals surface area contributed by atoms with E-state index in [1.807, 2.05) is 54.7 Å². The standard InChI is InChI=1S/C27H24N2O4/c30-23(28-27(9-10-27)26-14-25(15-26,16-26)24(31)32)20-6-3-5-17-8-11-29(22(17)20)13-19-12-18-4-1-2-7-21(18)33-19/h1-8,11-12H,9-10,13-16H2,(H,28,30)(H,31,32)/i13D. The molecule has 1 unspecified atom stereocenters. The summed E-state index contributed by atoms with van der Waals surface area (Å²) in [5, 5.41) is 14.6. The number of para-hydroxylation sites is 2. The Balaban J connectivity index is 1.21. The molecule has 2 heterocycles. The number of carboxylic acids is 1. The van der Waals surface area contributed by atoms with Crippen molar-refractivity contribution >= 4 is 33.7 Å². The number of furan rings is 1. The molecule has 4 aliphatic carbocycles. The highest BCUT2D eigenvalue weighted by atomic mass is 16.4. The number of carbonyl (C=O) groups is 2. The Morgan fingerprint density at radius 3 is 2.55 bits per heavy atom. The summed E-state index contributed by atoms with van der Waals surface area (Å²) in [6, 6.07) is 17.1. The third-order valence-corrected chi connectivity index (χ3v) is 8.30. The van der Waals surface area contributed by atoms with E-state index < -0.39 is 17.9 Å². The Hall–Kier alpha value is -3.54. The molecule has 4 fully saturated rings. The average Bonchev–Trinajstić information content (AvgIpc) is 3.21. The zero-order chi connectivity index (χ0) is 23.3. The van der Waals surface area contributed by atoms with E-state index in [-0.39, 0.29) is 16.9 Å². The molecule has 33 heavy (non-hydrogen) atoms. The second kappa shape index (κ2) is 6.07. The number of nitrogens with zero attached hydrogens (tertiary/aromatic N) is 1. The van der Waals surface area contributed by atoms with Gasteiger partial charge in [0.2, 0.25) is 0 Å². The lowest BCUT2D eigenvalue weighted by Gasteiger charge is -2.71. The van der Waals surface area contributed by atoms with Gasteiger partial charge in [0.1, 0.15) is 11.3 Å². The first-order valence-corrected chi connectivity index (χ1v) is 11.4. The highest BCUT2D eigenvalue weighted by Gasteiger charge is 2.81. The quantitative estimate of drug-likeness (QED) is 0.443. The largest absolute Gasteiger partial charge is 0.481 e. The molecule has 8 rings (SSSR count). The van der Waals surface area contributed by atoms with Gasteiger partial charge in [0.05, 0.1) is 24.4 Å². The number of nitrogens with one attached hydrogen (secondary N) is 1. The van der Waals surface area contributed by atoms with Crippen molar-refractivity contribution in [3.8, 4) is 0 Å². The first-order chi connectivity index (χ1) is 16.4. The maximum Gasteiger partial charge on any atom is 0.309 e. The number of hydrogen-bond donors (Lipinski definition) is 2. The first kappa shape index (κ1) is 18.0. The molecule has 2 aromatic heterocycles. The van der Waals surface area contributed by atoms with Gasteiger partial charge in [-0.2, -0.15) is 0 Å². The molecule has 2 aromatic carbocycles. The minimum Gasteiger partial charge on any atom is -0.481 e. The highest BCUT2D eigenvalue weighted by Crippen LogP contribution is 2.81. The summed E-state index contributed by atoms with van der Waals surface area (Å²) in [5.41, 5.74) is 1.05. The van der Waals surface area contributed by atoms with Crippen LogP contribution in [0.25, 0.3) is 21.9 Å². The third kappa shape index (κ3) is 2.49. The molecule has 0 radical (unpaired) electrons. The van der Waals surface area contributed by atoms with Crippen molar-refractivity contribution in [3.63, 3.8) is 0 Å². The van der Waals surface area contributed by atoms with E-state index in [0.29, 0.717) is 36.1 Å². The lowest BCUT2D eigenvalue weighted by molar-refractivity contribution is -0.236. The molecule has 6 heteroatoms. The van der Waals surface area contributed by atoms with Gasteiger partial charge in [-0.15, -0.1) is 0 Å². The van der Waals surface area contributed by atoms with Crippen LogP contribution in [0.15, 0.2) is 65.2 Å². The number of fused-ring (bicyclic) bond motifs is 2. The van der Waals surface area contributed by atoms with Crippen molar-refractivity contribution < 1.29 is 20.5 Å². The van der Waals surface area contributed by atoms with Crippen LogP contribution in [0.1, 0.15) is 49.6 Å². The van der Waals surface area contributed by atoms with Gasteiger partial charge in [-0.3, -0.25) is 9.59 Å². The van der Waals surface area contributed by atoms with E-state index in [1.54, 1.807) is 10.6 Å². The molecule has 0 saturated heterocycles. The predicted octanol–water partition coefficient (Wildman–Crippen LogP) is 4.95. The fourth-order valence-electron chi connectivity index (χ4n) is 6.43. The molecular formula is C27H24N2O4. The van der Waals surface area contributed by atoms with Gasteiger partial charge in [0.15, 0.2) is 0 Å². The Morgan fingerprint density at radius 1 is 1.06 bits per heavy atom. The van der Waals surface area contributed by atoms with Gasteiger partial charge in [-0.05, 0) is 61.8 Å².